The standard InChI is InChI=1S/C18H19N3O2S/c1-4-23-14-9-10-15-16(11-14)24-17(20-15)12-5-7-13(8-6-12)19-18(22)21(2)3/h5-11H,4H2,1-3H3,(H,19,22). The molecule has 0 bridgehead atoms. The molecule has 0 unspecified atom stereocenters. The zero-order valence-corrected chi connectivity index (χ0v) is 14.7. The second-order valence-electron chi connectivity index (χ2n) is 5.48. The zero-order valence-electron chi connectivity index (χ0n) is 13.9. The predicted molar refractivity (Wildman–Crippen MR) is 98.9 cm³/mol. The van der Waals surface area contributed by atoms with Crippen molar-refractivity contribution in [3.63, 3.8) is 0 Å². The van der Waals surface area contributed by atoms with Crippen molar-refractivity contribution in [3.05, 3.63) is 42.5 Å². The average Bonchev–Trinajstić information content (AvgIpc) is 2.99. The van der Waals surface area contributed by atoms with Gasteiger partial charge in [0.25, 0.3) is 0 Å². The maximum absolute atomic E-state index is 11.7. The number of nitrogens with zero attached hydrogens (tertiary/aromatic N) is 2. The quantitative estimate of drug-likeness (QED) is 0.762. The summed E-state index contributed by atoms with van der Waals surface area (Å²) in [7, 11) is 3.42. The van der Waals surface area contributed by atoms with Gasteiger partial charge in [-0.25, -0.2) is 9.78 Å². The van der Waals surface area contributed by atoms with Crippen LogP contribution in [0.5, 0.6) is 5.75 Å². The number of rotatable bonds is 4. The smallest absolute Gasteiger partial charge is 0.321 e. The Morgan fingerprint density at radius 1 is 1.21 bits per heavy atom. The van der Waals surface area contributed by atoms with E-state index in [0.717, 1.165) is 32.2 Å². The predicted octanol–water partition coefficient (Wildman–Crippen LogP) is 4.46. The van der Waals surface area contributed by atoms with Crippen molar-refractivity contribution < 1.29 is 9.53 Å². The van der Waals surface area contributed by atoms with E-state index in [2.05, 4.69) is 10.3 Å². The summed E-state index contributed by atoms with van der Waals surface area (Å²) in [6.45, 7) is 2.62. The van der Waals surface area contributed by atoms with Crippen LogP contribution in [0.4, 0.5) is 10.5 Å². The fraction of sp³-hybridized carbons (Fsp3) is 0.222. The van der Waals surface area contributed by atoms with Crippen LogP contribution in [0, 0.1) is 0 Å². The molecule has 0 fully saturated rings. The minimum absolute atomic E-state index is 0.147. The highest BCUT2D eigenvalue weighted by Crippen LogP contribution is 2.32. The van der Waals surface area contributed by atoms with Crippen molar-refractivity contribution in [1.82, 2.24) is 9.88 Å². The highest BCUT2D eigenvalue weighted by atomic mass is 32.1. The number of amides is 2. The molecule has 24 heavy (non-hydrogen) atoms. The molecule has 1 N–H and O–H groups in total. The summed E-state index contributed by atoms with van der Waals surface area (Å²) in [5.74, 6) is 0.863. The van der Waals surface area contributed by atoms with Gasteiger partial charge in [0.05, 0.1) is 16.8 Å². The molecule has 3 aromatic rings. The average molecular weight is 341 g/mol. The number of urea groups is 1. The number of thiazole rings is 1. The molecule has 2 amide bonds. The summed E-state index contributed by atoms with van der Waals surface area (Å²) >= 11 is 1.63. The Labute approximate surface area is 144 Å². The van der Waals surface area contributed by atoms with Gasteiger partial charge in [-0.05, 0) is 49.4 Å². The lowest BCUT2D eigenvalue weighted by molar-refractivity contribution is 0.230. The zero-order chi connectivity index (χ0) is 17.1. The largest absolute Gasteiger partial charge is 0.494 e. The molecule has 0 aliphatic heterocycles. The summed E-state index contributed by atoms with van der Waals surface area (Å²) in [5, 5.41) is 3.77. The van der Waals surface area contributed by atoms with Crippen LogP contribution in [0.15, 0.2) is 42.5 Å². The lowest BCUT2D eigenvalue weighted by atomic mass is 10.2. The number of hydrogen-bond acceptors (Lipinski definition) is 4. The van der Waals surface area contributed by atoms with Gasteiger partial charge >= 0.3 is 6.03 Å². The van der Waals surface area contributed by atoms with Gasteiger partial charge in [0.1, 0.15) is 10.8 Å². The van der Waals surface area contributed by atoms with Crippen molar-refractivity contribution in [2.45, 2.75) is 6.92 Å². The normalized spacial score (nSPS) is 10.6. The first kappa shape index (κ1) is 16.3. The lowest BCUT2D eigenvalue weighted by Gasteiger charge is -2.11. The second-order valence-corrected chi connectivity index (χ2v) is 6.51. The highest BCUT2D eigenvalue weighted by molar-refractivity contribution is 7.21. The molecule has 0 saturated carbocycles. The topological polar surface area (TPSA) is 54.5 Å². The van der Waals surface area contributed by atoms with Gasteiger partial charge < -0.3 is 15.0 Å². The van der Waals surface area contributed by atoms with Crippen LogP contribution in [-0.2, 0) is 0 Å². The minimum atomic E-state index is -0.147. The Morgan fingerprint density at radius 2 is 1.96 bits per heavy atom. The number of carbonyl (C=O) groups is 1. The molecule has 0 atom stereocenters. The van der Waals surface area contributed by atoms with Crippen LogP contribution in [0.1, 0.15) is 6.92 Å². The SMILES string of the molecule is CCOc1ccc2nc(-c3ccc(NC(=O)N(C)C)cc3)sc2c1. The van der Waals surface area contributed by atoms with Crippen molar-refractivity contribution in [1.29, 1.82) is 0 Å². The Bertz CT molecular complexity index is 856. The maximum atomic E-state index is 11.7. The van der Waals surface area contributed by atoms with Crippen molar-refractivity contribution in [2.75, 3.05) is 26.0 Å². The fourth-order valence-corrected chi connectivity index (χ4v) is 3.22. The van der Waals surface area contributed by atoms with E-state index in [1.54, 1.807) is 25.4 Å². The lowest BCUT2D eigenvalue weighted by Crippen LogP contribution is -2.27. The highest BCUT2D eigenvalue weighted by Gasteiger charge is 2.08. The molecule has 1 aromatic heterocycles. The van der Waals surface area contributed by atoms with E-state index in [1.165, 1.54) is 4.90 Å². The fourth-order valence-electron chi connectivity index (χ4n) is 2.22. The third kappa shape index (κ3) is 3.49. The number of carbonyl (C=O) groups excluding carboxylic acids is 1. The summed E-state index contributed by atoms with van der Waals surface area (Å²) < 4.78 is 6.63. The molecule has 5 nitrogen and oxygen atoms in total. The second kappa shape index (κ2) is 6.88. The molecule has 0 radical (unpaired) electrons. The van der Waals surface area contributed by atoms with Crippen molar-refractivity contribution in [2.24, 2.45) is 0 Å². The Kier molecular flexibility index (Phi) is 4.66. The van der Waals surface area contributed by atoms with E-state index in [-0.39, 0.29) is 6.03 Å². The van der Waals surface area contributed by atoms with E-state index in [4.69, 9.17) is 4.74 Å². The van der Waals surface area contributed by atoms with Crippen molar-refractivity contribution >= 4 is 33.3 Å². The van der Waals surface area contributed by atoms with Gasteiger partial charge in [0, 0.05) is 25.3 Å². The summed E-state index contributed by atoms with van der Waals surface area (Å²) in [6.07, 6.45) is 0. The third-order valence-corrected chi connectivity index (χ3v) is 4.53. The molecular weight excluding hydrogens is 322 g/mol. The van der Waals surface area contributed by atoms with Gasteiger partial charge in [-0.2, -0.15) is 0 Å². The Morgan fingerprint density at radius 3 is 2.62 bits per heavy atom. The number of ether oxygens (including phenoxy) is 1. The van der Waals surface area contributed by atoms with Crippen LogP contribution in [0.2, 0.25) is 0 Å². The van der Waals surface area contributed by atoms with Crippen LogP contribution in [0.3, 0.4) is 0 Å². The number of anilines is 1. The van der Waals surface area contributed by atoms with Crippen LogP contribution >= 0.6 is 11.3 Å². The monoisotopic (exact) mass is 341 g/mol. The molecule has 0 aliphatic carbocycles. The van der Waals surface area contributed by atoms with Gasteiger partial charge in [-0.3, -0.25) is 0 Å². The molecule has 0 saturated heterocycles. The first-order valence-electron chi connectivity index (χ1n) is 7.69. The number of hydrogen-bond donors (Lipinski definition) is 1. The van der Waals surface area contributed by atoms with Gasteiger partial charge in [-0.15, -0.1) is 11.3 Å². The molecule has 6 heteroatoms. The number of benzene rings is 2. The summed E-state index contributed by atoms with van der Waals surface area (Å²) in [6, 6.07) is 13.5. The number of nitrogens with one attached hydrogen (secondary N) is 1. The number of aromatic nitrogens is 1. The first-order valence-corrected chi connectivity index (χ1v) is 8.50. The third-order valence-electron chi connectivity index (χ3n) is 3.46. The molecule has 1 heterocycles. The molecule has 0 spiro atoms. The van der Waals surface area contributed by atoms with E-state index >= 15 is 0 Å². The van der Waals surface area contributed by atoms with Crippen LogP contribution < -0.4 is 10.1 Å². The molecule has 3 rings (SSSR count). The first-order chi connectivity index (χ1) is 11.6. The van der Waals surface area contributed by atoms with E-state index in [9.17, 15) is 4.79 Å². The Balaban J connectivity index is 1.83. The van der Waals surface area contributed by atoms with E-state index in [1.807, 2.05) is 49.4 Å². The maximum Gasteiger partial charge on any atom is 0.321 e. The van der Waals surface area contributed by atoms with Crippen LogP contribution in [0.25, 0.3) is 20.8 Å². The van der Waals surface area contributed by atoms with Crippen LogP contribution in [-0.4, -0.2) is 36.6 Å². The molecular formula is C18H19N3O2S. The molecule has 0 aliphatic rings. The Hall–Kier alpha value is -2.60. The summed E-state index contributed by atoms with van der Waals surface area (Å²) in [4.78, 5) is 17.8. The number of fused-ring (bicyclic) bond motifs is 1. The van der Waals surface area contributed by atoms with Gasteiger partial charge in [-0.1, -0.05) is 0 Å². The molecule has 2 aromatic carbocycles. The summed E-state index contributed by atoms with van der Waals surface area (Å²) in [5.41, 5.74) is 2.75. The van der Waals surface area contributed by atoms with E-state index < -0.39 is 0 Å². The van der Waals surface area contributed by atoms with Crippen molar-refractivity contribution in [3.8, 4) is 16.3 Å². The van der Waals surface area contributed by atoms with Gasteiger partial charge in [0.15, 0.2) is 0 Å². The van der Waals surface area contributed by atoms with E-state index in [0.29, 0.717) is 6.61 Å². The molecule has 124 valence electrons. The van der Waals surface area contributed by atoms with Gasteiger partial charge in [0.2, 0.25) is 0 Å². The minimum Gasteiger partial charge on any atom is -0.494 e.